The Morgan fingerprint density at radius 2 is 1.86 bits per heavy atom. The van der Waals surface area contributed by atoms with Crippen LogP contribution in [0.2, 0.25) is 0 Å². The van der Waals surface area contributed by atoms with Gasteiger partial charge in [0.05, 0.1) is 30.5 Å². The van der Waals surface area contributed by atoms with Crippen molar-refractivity contribution in [3.63, 3.8) is 0 Å². The Labute approximate surface area is 165 Å². The number of benzene rings is 1. The van der Waals surface area contributed by atoms with Crippen LogP contribution in [-0.4, -0.2) is 52.4 Å². The SMILES string of the molecule is N#Cc1ccc(OC2CC3CN(CC(CO)c4ccc(O)cn4)C[C@H]3C2)cc1. The van der Waals surface area contributed by atoms with Gasteiger partial charge >= 0.3 is 0 Å². The number of ether oxygens (including phenoxy) is 1. The van der Waals surface area contributed by atoms with Crippen LogP contribution in [0.5, 0.6) is 11.5 Å². The standard InChI is InChI=1S/C22H25N3O3/c23-9-15-1-4-20(5-2-15)28-21-7-16-11-25(12-17(16)8-21)13-18(14-26)22-6-3-19(27)10-24-22/h1-6,10,16-18,21,26-27H,7-8,11-14H2/t16-,17?,18?,21?/m1/s1. The number of hydrogen-bond acceptors (Lipinski definition) is 6. The number of pyridine rings is 1. The first-order valence-electron chi connectivity index (χ1n) is 9.79. The Kier molecular flexibility index (Phi) is 5.47. The van der Waals surface area contributed by atoms with E-state index in [-0.39, 0.29) is 24.4 Å². The molecule has 6 nitrogen and oxygen atoms in total. The van der Waals surface area contributed by atoms with Gasteiger partial charge in [0.1, 0.15) is 11.5 Å². The number of nitrogens with zero attached hydrogens (tertiary/aromatic N) is 3. The summed E-state index contributed by atoms with van der Waals surface area (Å²) in [4.78, 5) is 6.68. The molecule has 28 heavy (non-hydrogen) atoms. The molecule has 6 heteroatoms. The second kappa shape index (κ2) is 8.17. The highest BCUT2D eigenvalue weighted by molar-refractivity contribution is 5.34. The average Bonchev–Trinajstić information content (AvgIpc) is 3.25. The number of rotatable bonds is 6. The minimum Gasteiger partial charge on any atom is -0.506 e. The van der Waals surface area contributed by atoms with Gasteiger partial charge in [0, 0.05) is 31.2 Å². The van der Waals surface area contributed by atoms with Crippen LogP contribution in [0.1, 0.15) is 30.0 Å². The fourth-order valence-corrected chi connectivity index (χ4v) is 4.58. The maximum absolute atomic E-state index is 9.79. The van der Waals surface area contributed by atoms with Crippen molar-refractivity contribution in [2.24, 2.45) is 11.8 Å². The first-order valence-corrected chi connectivity index (χ1v) is 9.79. The Morgan fingerprint density at radius 3 is 2.43 bits per heavy atom. The van der Waals surface area contributed by atoms with E-state index in [0.29, 0.717) is 17.4 Å². The monoisotopic (exact) mass is 379 g/mol. The van der Waals surface area contributed by atoms with Crippen LogP contribution in [0.25, 0.3) is 0 Å². The molecule has 3 unspecified atom stereocenters. The van der Waals surface area contributed by atoms with Crippen LogP contribution in [0.4, 0.5) is 0 Å². The molecule has 2 aliphatic rings. The van der Waals surface area contributed by atoms with Crippen molar-refractivity contribution in [3.05, 3.63) is 53.9 Å². The lowest BCUT2D eigenvalue weighted by atomic mass is 10.0. The second-order valence-electron chi connectivity index (χ2n) is 7.91. The summed E-state index contributed by atoms with van der Waals surface area (Å²) in [5, 5.41) is 28.1. The molecule has 4 rings (SSSR count). The molecule has 1 aromatic heterocycles. The summed E-state index contributed by atoms with van der Waals surface area (Å²) in [6.45, 7) is 2.87. The smallest absolute Gasteiger partial charge is 0.133 e. The lowest BCUT2D eigenvalue weighted by molar-refractivity contribution is 0.175. The molecule has 4 atom stereocenters. The molecule has 1 aromatic carbocycles. The molecule has 0 radical (unpaired) electrons. The topological polar surface area (TPSA) is 89.6 Å². The number of aromatic hydroxyl groups is 1. The van der Waals surface area contributed by atoms with Crippen molar-refractivity contribution < 1.29 is 14.9 Å². The van der Waals surface area contributed by atoms with Crippen molar-refractivity contribution in [2.45, 2.75) is 24.9 Å². The highest BCUT2D eigenvalue weighted by Gasteiger charge is 2.42. The van der Waals surface area contributed by atoms with Crippen LogP contribution >= 0.6 is 0 Å². The Balaban J connectivity index is 1.29. The lowest BCUT2D eigenvalue weighted by Gasteiger charge is -2.24. The number of aliphatic hydroxyl groups is 1. The summed E-state index contributed by atoms with van der Waals surface area (Å²) >= 11 is 0. The lowest BCUT2D eigenvalue weighted by Crippen LogP contribution is -2.30. The van der Waals surface area contributed by atoms with Gasteiger partial charge in [-0.05, 0) is 61.1 Å². The summed E-state index contributed by atoms with van der Waals surface area (Å²) in [6.07, 6.45) is 3.75. The first-order chi connectivity index (χ1) is 13.6. The van der Waals surface area contributed by atoms with Crippen LogP contribution < -0.4 is 4.74 Å². The van der Waals surface area contributed by atoms with E-state index in [1.807, 2.05) is 12.1 Å². The third kappa shape index (κ3) is 4.11. The summed E-state index contributed by atoms with van der Waals surface area (Å²) in [5.41, 5.74) is 1.47. The molecular formula is C22H25N3O3. The molecule has 1 aliphatic heterocycles. The van der Waals surface area contributed by atoms with Gasteiger partial charge in [0.25, 0.3) is 0 Å². The third-order valence-electron chi connectivity index (χ3n) is 5.96. The molecule has 2 aromatic rings. The molecule has 0 bridgehead atoms. The molecule has 1 saturated heterocycles. The molecule has 146 valence electrons. The van der Waals surface area contributed by atoms with E-state index in [1.54, 1.807) is 24.3 Å². The van der Waals surface area contributed by atoms with Gasteiger partial charge in [-0.3, -0.25) is 4.98 Å². The molecular weight excluding hydrogens is 354 g/mol. The number of aliphatic hydroxyl groups excluding tert-OH is 1. The summed E-state index contributed by atoms with van der Waals surface area (Å²) < 4.78 is 6.13. The zero-order valence-electron chi connectivity index (χ0n) is 15.7. The largest absolute Gasteiger partial charge is 0.506 e. The van der Waals surface area contributed by atoms with Crippen LogP contribution in [0, 0.1) is 23.2 Å². The minimum atomic E-state index is -0.0369. The van der Waals surface area contributed by atoms with E-state index in [9.17, 15) is 10.2 Å². The van der Waals surface area contributed by atoms with E-state index >= 15 is 0 Å². The van der Waals surface area contributed by atoms with Crippen molar-refractivity contribution >= 4 is 0 Å². The fourth-order valence-electron chi connectivity index (χ4n) is 4.58. The van der Waals surface area contributed by atoms with Crippen molar-refractivity contribution in [2.75, 3.05) is 26.2 Å². The Morgan fingerprint density at radius 1 is 1.14 bits per heavy atom. The van der Waals surface area contributed by atoms with Crippen LogP contribution in [0.15, 0.2) is 42.6 Å². The number of fused-ring (bicyclic) bond motifs is 1. The van der Waals surface area contributed by atoms with E-state index in [0.717, 1.165) is 43.9 Å². The van der Waals surface area contributed by atoms with Gasteiger partial charge in [0.15, 0.2) is 0 Å². The highest BCUT2D eigenvalue weighted by Crippen LogP contribution is 2.40. The normalized spacial score (nSPS) is 25.2. The maximum atomic E-state index is 9.79. The van der Waals surface area contributed by atoms with Gasteiger partial charge in [-0.2, -0.15) is 5.26 Å². The Bertz CT molecular complexity index is 818. The molecule has 0 amide bonds. The highest BCUT2D eigenvalue weighted by atomic mass is 16.5. The maximum Gasteiger partial charge on any atom is 0.133 e. The molecule has 2 fully saturated rings. The second-order valence-corrected chi connectivity index (χ2v) is 7.91. The van der Waals surface area contributed by atoms with E-state index in [4.69, 9.17) is 10.00 Å². The fraction of sp³-hybridized carbons (Fsp3) is 0.455. The summed E-state index contributed by atoms with van der Waals surface area (Å²) in [6, 6.07) is 12.9. The molecule has 2 heterocycles. The van der Waals surface area contributed by atoms with Crippen molar-refractivity contribution in [3.8, 4) is 17.6 Å². The van der Waals surface area contributed by atoms with Crippen molar-refractivity contribution in [1.82, 2.24) is 9.88 Å². The van der Waals surface area contributed by atoms with Crippen molar-refractivity contribution in [1.29, 1.82) is 5.26 Å². The quantitative estimate of drug-likeness (QED) is 0.802. The third-order valence-corrected chi connectivity index (χ3v) is 5.96. The number of aromatic nitrogens is 1. The minimum absolute atomic E-state index is 0.0369. The summed E-state index contributed by atoms with van der Waals surface area (Å²) in [5.74, 6) is 2.18. The number of likely N-dealkylation sites (tertiary alicyclic amines) is 1. The molecule has 1 aliphatic carbocycles. The molecule has 0 spiro atoms. The number of nitriles is 1. The summed E-state index contributed by atoms with van der Waals surface area (Å²) in [7, 11) is 0. The van der Waals surface area contributed by atoms with Gasteiger partial charge in [-0.25, -0.2) is 0 Å². The molecule has 1 saturated carbocycles. The zero-order valence-corrected chi connectivity index (χ0v) is 15.7. The first kappa shape index (κ1) is 18.7. The predicted octanol–water partition coefficient (Wildman–Crippen LogP) is 2.52. The van der Waals surface area contributed by atoms with E-state index in [2.05, 4.69) is 16.0 Å². The predicted molar refractivity (Wildman–Crippen MR) is 104 cm³/mol. The molecule has 2 N–H and O–H groups in total. The van der Waals surface area contributed by atoms with Gasteiger partial charge in [-0.15, -0.1) is 0 Å². The van der Waals surface area contributed by atoms with Gasteiger partial charge in [0.2, 0.25) is 0 Å². The van der Waals surface area contributed by atoms with Gasteiger partial charge in [-0.1, -0.05) is 0 Å². The van der Waals surface area contributed by atoms with Crippen LogP contribution in [-0.2, 0) is 0 Å². The van der Waals surface area contributed by atoms with E-state index < -0.39 is 0 Å². The zero-order chi connectivity index (χ0) is 19.5. The van der Waals surface area contributed by atoms with E-state index in [1.165, 1.54) is 6.20 Å². The van der Waals surface area contributed by atoms with Crippen LogP contribution in [0.3, 0.4) is 0 Å². The average molecular weight is 379 g/mol. The van der Waals surface area contributed by atoms with Gasteiger partial charge < -0.3 is 19.8 Å². The Hall–Kier alpha value is -2.62. The number of hydrogen-bond donors (Lipinski definition) is 2.